The predicted octanol–water partition coefficient (Wildman–Crippen LogP) is 4.08. The Morgan fingerprint density at radius 3 is 2.75 bits per heavy atom. The van der Waals surface area contributed by atoms with Crippen LogP contribution in [0.15, 0.2) is 46.6 Å². The van der Waals surface area contributed by atoms with Gasteiger partial charge in [0.1, 0.15) is 11.5 Å². The molecule has 2 aromatic carbocycles. The topological polar surface area (TPSA) is 46.5 Å². The van der Waals surface area contributed by atoms with Crippen molar-refractivity contribution in [3.05, 3.63) is 63.3 Å². The highest BCUT2D eigenvalue weighted by molar-refractivity contribution is 9.10. The number of phenolic OH excluding ortho intramolecular Hbond substituents is 1. The minimum atomic E-state index is -0.159. The summed E-state index contributed by atoms with van der Waals surface area (Å²) in [5, 5.41) is 9.57. The number of carbonyl (C=O) groups excluding carboxylic acids is 1. The molecule has 0 bridgehead atoms. The average Bonchev–Trinajstić information content (AvgIpc) is 2.69. The summed E-state index contributed by atoms with van der Waals surface area (Å²) in [7, 11) is 0. The van der Waals surface area contributed by atoms with Gasteiger partial charge in [-0.2, -0.15) is 0 Å². The average molecular weight is 331 g/mol. The van der Waals surface area contributed by atoms with Gasteiger partial charge in [-0.25, -0.2) is 0 Å². The number of benzene rings is 2. The molecule has 100 valence electrons. The van der Waals surface area contributed by atoms with E-state index in [0.29, 0.717) is 16.9 Å². The fourth-order valence-corrected chi connectivity index (χ4v) is 2.62. The van der Waals surface area contributed by atoms with E-state index < -0.39 is 0 Å². The van der Waals surface area contributed by atoms with Crippen molar-refractivity contribution in [1.82, 2.24) is 0 Å². The Labute approximate surface area is 124 Å². The van der Waals surface area contributed by atoms with Gasteiger partial charge in [-0.3, -0.25) is 4.79 Å². The summed E-state index contributed by atoms with van der Waals surface area (Å²) in [6.07, 6.45) is 1.70. The molecular formula is C16H11BrO3. The van der Waals surface area contributed by atoms with E-state index in [1.807, 2.05) is 24.3 Å². The number of ether oxygens (including phenoxy) is 1. The zero-order valence-corrected chi connectivity index (χ0v) is 12.3. The molecule has 0 radical (unpaired) electrons. The van der Waals surface area contributed by atoms with Gasteiger partial charge in [0.2, 0.25) is 5.78 Å². The van der Waals surface area contributed by atoms with Gasteiger partial charge >= 0.3 is 0 Å². The monoisotopic (exact) mass is 330 g/mol. The van der Waals surface area contributed by atoms with Crippen LogP contribution in [0, 0.1) is 6.92 Å². The fourth-order valence-electron chi connectivity index (χ4n) is 2.22. The maximum atomic E-state index is 12.4. The Hall–Kier alpha value is -2.07. The van der Waals surface area contributed by atoms with Gasteiger partial charge in [-0.05, 0) is 36.3 Å². The Kier molecular flexibility index (Phi) is 3.10. The van der Waals surface area contributed by atoms with E-state index in [2.05, 4.69) is 15.9 Å². The quantitative estimate of drug-likeness (QED) is 0.801. The van der Waals surface area contributed by atoms with Gasteiger partial charge in [0.15, 0.2) is 5.76 Å². The van der Waals surface area contributed by atoms with Crippen LogP contribution in [0.3, 0.4) is 0 Å². The minimum absolute atomic E-state index is 0.0937. The van der Waals surface area contributed by atoms with Crippen molar-refractivity contribution >= 4 is 27.8 Å². The normalized spacial score (nSPS) is 15.3. The number of ketones is 1. The number of Topliss-reactive ketones (excluding diaryl/α,β-unsaturated/α-hetero) is 1. The molecule has 0 spiro atoms. The fraction of sp³-hybridized carbons (Fsp3) is 0.0625. The number of halogens is 1. The standard InChI is InChI=1S/C16H11BrO3/c1-9-6-11(18)8-13-15(9)16(19)14(20-13)7-10-4-2-3-5-12(10)17/h2-8,18H,1H3. The summed E-state index contributed by atoms with van der Waals surface area (Å²) in [6.45, 7) is 1.78. The maximum absolute atomic E-state index is 12.4. The lowest BCUT2D eigenvalue weighted by Gasteiger charge is -2.01. The molecule has 2 aromatic rings. The van der Waals surface area contributed by atoms with Gasteiger partial charge in [-0.1, -0.05) is 34.1 Å². The first kappa shape index (κ1) is 12.9. The van der Waals surface area contributed by atoms with E-state index in [1.54, 1.807) is 19.1 Å². The number of phenols is 1. The molecular weight excluding hydrogens is 320 g/mol. The Bertz CT molecular complexity index is 747. The second-order valence-corrected chi connectivity index (χ2v) is 5.45. The first-order valence-corrected chi connectivity index (χ1v) is 6.88. The number of fused-ring (bicyclic) bond motifs is 1. The van der Waals surface area contributed by atoms with Crippen LogP contribution in [0.5, 0.6) is 11.5 Å². The van der Waals surface area contributed by atoms with Crippen LogP contribution in [-0.4, -0.2) is 10.9 Å². The lowest BCUT2D eigenvalue weighted by atomic mass is 10.0. The van der Waals surface area contributed by atoms with E-state index in [1.165, 1.54) is 6.07 Å². The van der Waals surface area contributed by atoms with Crippen LogP contribution in [0.4, 0.5) is 0 Å². The molecule has 0 saturated carbocycles. The first-order valence-electron chi connectivity index (χ1n) is 6.08. The summed E-state index contributed by atoms with van der Waals surface area (Å²) in [5.41, 5.74) is 2.09. The van der Waals surface area contributed by atoms with E-state index in [4.69, 9.17) is 4.74 Å². The summed E-state index contributed by atoms with van der Waals surface area (Å²) in [4.78, 5) is 12.4. The second-order valence-electron chi connectivity index (χ2n) is 4.60. The molecule has 1 aliphatic heterocycles. The number of aryl methyl sites for hydroxylation is 1. The van der Waals surface area contributed by atoms with Crippen molar-refractivity contribution in [3.8, 4) is 11.5 Å². The molecule has 20 heavy (non-hydrogen) atoms. The second kappa shape index (κ2) is 4.80. The number of hydrogen-bond acceptors (Lipinski definition) is 3. The summed E-state index contributed by atoms with van der Waals surface area (Å²) >= 11 is 3.43. The first-order chi connectivity index (χ1) is 9.56. The van der Waals surface area contributed by atoms with E-state index in [-0.39, 0.29) is 17.3 Å². The molecule has 0 unspecified atom stereocenters. The summed E-state index contributed by atoms with van der Waals surface area (Å²) in [5.74, 6) is 0.607. The lowest BCUT2D eigenvalue weighted by Crippen LogP contribution is -1.99. The van der Waals surface area contributed by atoms with Crippen molar-refractivity contribution in [2.75, 3.05) is 0 Å². The lowest BCUT2D eigenvalue weighted by molar-refractivity contribution is 0.101. The third-order valence-corrected chi connectivity index (χ3v) is 3.87. The van der Waals surface area contributed by atoms with Gasteiger partial charge in [0, 0.05) is 10.5 Å². The van der Waals surface area contributed by atoms with Crippen molar-refractivity contribution in [3.63, 3.8) is 0 Å². The molecule has 3 rings (SSSR count). The molecule has 1 N–H and O–H groups in total. The molecule has 0 aliphatic carbocycles. The van der Waals surface area contributed by atoms with Crippen LogP contribution in [0.1, 0.15) is 21.5 Å². The van der Waals surface area contributed by atoms with Crippen LogP contribution in [-0.2, 0) is 0 Å². The zero-order valence-electron chi connectivity index (χ0n) is 10.7. The number of allylic oxidation sites excluding steroid dienone is 1. The highest BCUT2D eigenvalue weighted by atomic mass is 79.9. The van der Waals surface area contributed by atoms with E-state index in [0.717, 1.165) is 10.0 Å². The number of hydrogen-bond donors (Lipinski definition) is 1. The molecule has 3 nitrogen and oxygen atoms in total. The predicted molar refractivity (Wildman–Crippen MR) is 79.9 cm³/mol. The number of aromatic hydroxyl groups is 1. The van der Waals surface area contributed by atoms with Gasteiger partial charge in [0.25, 0.3) is 0 Å². The van der Waals surface area contributed by atoms with E-state index in [9.17, 15) is 9.90 Å². The van der Waals surface area contributed by atoms with Crippen molar-refractivity contribution in [2.24, 2.45) is 0 Å². The Morgan fingerprint density at radius 2 is 2.00 bits per heavy atom. The molecule has 0 amide bonds. The number of carbonyl (C=O) groups is 1. The Balaban J connectivity index is 2.07. The number of rotatable bonds is 1. The third-order valence-electron chi connectivity index (χ3n) is 3.15. The van der Waals surface area contributed by atoms with E-state index >= 15 is 0 Å². The molecule has 0 saturated heterocycles. The largest absolute Gasteiger partial charge is 0.508 e. The van der Waals surface area contributed by atoms with Crippen molar-refractivity contribution in [1.29, 1.82) is 0 Å². The molecule has 0 aromatic heterocycles. The highest BCUT2D eigenvalue weighted by Crippen LogP contribution is 2.37. The van der Waals surface area contributed by atoms with Gasteiger partial charge in [0.05, 0.1) is 5.56 Å². The molecule has 0 atom stereocenters. The SMILES string of the molecule is Cc1cc(O)cc2c1C(=O)C(=Cc1ccccc1Br)O2. The molecule has 0 fully saturated rings. The van der Waals surface area contributed by atoms with Crippen LogP contribution in [0.2, 0.25) is 0 Å². The smallest absolute Gasteiger partial charge is 0.232 e. The zero-order chi connectivity index (χ0) is 14.3. The van der Waals surface area contributed by atoms with Crippen LogP contribution < -0.4 is 4.74 Å². The van der Waals surface area contributed by atoms with Gasteiger partial charge < -0.3 is 9.84 Å². The maximum Gasteiger partial charge on any atom is 0.232 e. The minimum Gasteiger partial charge on any atom is -0.508 e. The third kappa shape index (κ3) is 2.12. The summed E-state index contributed by atoms with van der Waals surface area (Å²) < 4.78 is 6.46. The molecule has 4 heteroatoms. The van der Waals surface area contributed by atoms with Crippen LogP contribution in [0.25, 0.3) is 6.08 Å². The molecule has 1 heterocycles. The highest BCUT2D eigenvalue weighted by Gasteiger charge is 2.29. The van der Waals surface area contributed by atoms with Crippen LogP contribution >= 0.6 is 15.9 Å². The van der Waals surface area contributed by atoms with Crippen molar-refractivity contribution < 1.29 is 14.6 Å². The Morgan fingerprint density at radius 1 is 1.25 bits per heavy atom. The summed E-state index contributed by atoms with van der Waals surface area (Å²) in [6, 6.07) is 10.6. The molecule has 1 aliphatic rings. The van der Waals surface area contributed by atoms with Crippen molar-refractivity contribution in [2.45, 2.75) is 6.92 Å². The van der Waals surface area contributed by atoms with Gasteiger partial charge in [-0.15, -0.1) is 0 Å².